The highest BCUT2D eigenvalue weighted by molar-refractivity contribution is 9.10. The molecule has 0 unspecified atom stereocenters. The fourth-order valence-corrected chi connectivity index (χ4v) is 1.79. The highest BCUT2D eigenvalue weighted by Gasteiger charge is 2.01. The van der Waals surface area contributed by atoms with Gasteiger partial charge in [-0.1, -0.05) is 0 Å². The second kappa shape index (κ2) is 4.11. The summed E-state index contributed by atoms with van der Waals surface area (Å²) in [5.74, 6) is 0. The van der Waals surface area contributed by atoms with Crippen molar-refractivity contribution < 1.29 is 4.74 Å². The van der Waals surface area contributed by atoms with E-state index in [-0.39, 0.29) is 0 Å². The molecule has 2 aromatic heterocycles. The summed E-state index contributed by atoms with van der Waals surface area (Å²) in [5.41, 5.74) is 1.14. The molecule has 0 radical (unpaired) electrons. The topological polar surface area (TPSA) is 27.1 Å². The molecule has 0 atom stereocenters. The molecule has 74 valence electrons. The second-order valence-corrected chi connectivity index (χ2v) is 3.88. The van der Waals surface area contributed by atoms with Crippen molar-refractivity contribution in [3.8, 4) is 0 Å². The molecule has 14 heavy (non-hydrogen) atoms. The van der Waals surface area contributed by atoms with Crippen molar-refractivity contribution in [3.05, 3.63) is 29.1 Å². The maximum atomic E-state index is 5.04. The second-order valence-electron chi connectivity index (χ2n) is 3.07. The van der Waals surface area contributed by atoms with Gasteiger partial charge in [0.25, 0.3) is 0 Å². The van der Waals surface area contributed by atoms with Crippen LogP contribution in [0, 0.1) is 0 Å². The van der Waals surface area contributed by atoms with E-state index in [1.165, 1.54) is 5.39 Å². The molecule has 0 N–H and O–H groups in total. The van der Waals surface area contributed by atoms with Gasteiger partial charge in [0.15, 0.2) is 0 Å². The molecule has 0 aliphatic rings. The fourth-order valence-electron chi connectivity index (χ4n) is 1.45. The summed E-state index contributed by atoms with van der Waals surface area (Å²) in [6, 6.07) is 4.09. The monoisotopic (exact) mass is 254 g/mol. The molecule has 2 rings (SSSR count). The first kappa shape index (κ1) is 9.68. The molecule has 3 nitrogen and oxygen atoms in total. The van der Waals surface area contributed by atoms with Crippen LogP contribution >= 0.6 is 15.9 Å². The van der Waals surface area contributed by atoms with E-state index in [0.717, 1.165) is 23.3 Å². The van der Waals surface area contributed by atoms with Crippen molar-refractivity contribution >= 4 is 26.8 Å². The molecule has 0 saturated carbocycles. The minimum absolute atomic E-state index is 0.722. The maximum Gasteiger partial charge on any atom is 0.106 e. The van der Waals surface area contributed by atoms with Crippen LogP contribution in [0.25, 0.3) is 10.9 Å². The molecule has 0 saturated heterocycles. The molecule has 0 bridgehead atoms. The lowest BCUT2D eigenvalue weighted by atomic mass is 10.3. The first-order valence-electron chi connectivity index (χ1n) is 4.40. The number of ether oxygens (including phenoxy) is 1. The Bertz CT molecular complexity index is 439. The van der Waals surface area contributed by atoms with Gasteiger partial charge in [-0.2, -0.15) is 0 Å². The quantitative estimate of drug-likeness (QED) is 0.787. The Hall–Kier alpha value is -0.870. The van der Waals surface area contributed by atoms with E-state index in [2.05, 4.69) is 37.7 Å². The zero-order valence-corrected chi connectivity index (χ0v) is 9.49. The van der Waals surface area contributed by atoms with Gasteiger partial charge < -0.3 is 9.30 Å². The third kappa shape index (κ3) is 1.81. The van der Waals surface area contributed by atoms with E-state index in [4.69, 9.17) is 4.74 Å². The van der Waals surface area contributed by atoms with Crippen LogP contribution in [-0.4, -0.2) is 23.3 Å². The van der Waals surface area contributed by atoms with E-state index in [0.29, 0.717) is 0 Å². The Morgan fingerprint density at radius 1 is 1.57 bits per heavy atom. The lowest BCUT2D eigenvalue weighted by Crippen LogP contribution is -2.02. The Morgan fingerprint density at radius 2 is 2.43 bits per heavy atom. The van der Waals surface area contributed by atoms with Gasteiger partial charge in [-0.25, -0.2) is 4.98 Å². The van der Waals surface area contributed by atoms with Crippen LogP contribution in [0.3, 0.4) is 0 Å². The summed E-state index contributed by atoms with van der Waals surface area (Å²) in [6.07, 6.45) is 3.92. The zero-order chi connectivity index (χ0) is 9.97. The lowest BCUT2D eigenvalue weighted by molar-refractivity contribution is 0.188. The van der Waals surface area contributed by atoms with Gasteiger partial charge >= 0.3 is 0 Å². The van der Waals surface area contributed by atoms with Gasteiger partial charge in [-0.3, -0.25) is 0 Å². The van der Waals surface area contributed by atoms with Crippen molar-refractivity contribution in [1.82, 2.24) is 9.55 Å². The summed E-state index contributed by atoms with van der Waals surface area (Å²) in [4.78, 5) is 4.20. The van der Waals surface area contributed by atoms with Crippen molar-refractivity contribution in [3.63, 3.8) is 0 Å². The number of aromatic nitrogens is 2. The number of hydrogen-bond donors (Lipinski definition) is 0. The van der Waals surface area contributed by atoms with Crippen LogP contribution in [-0.2, 0) is 11.3 Å². The van der Waals surface area contributed by atoms with Crippen LogP contribution in [0.1, 0.15) is 0 Å². The SMILES string of the molecule is COCCn1ccc2cc(Br)ncc21. The molecule has 2 aromatic rings. The average Bonchev–Trinajstić information content (AvgIpc) is 2.57. The number of rotatable bonds is 3. The van der Waals surface area contributed by atoms with E-state index < -0.39 is 0 Å². The Morgan fingerprint density at radius 3 is 3.21 bits per heavy atom. The number of fused-ring (bicyclic) bond motifs is 1. The summed E-state index contributed by atoms with van der Waals surface area (Å²) < 4.78 is 8.04. The number of halogens is 1. The van der Waals surface area contributed by atoms with Crippen LogP contribution in [0.5, 0.6) is 0 Å². The van der Waals surface area contributed by atoms with Crippen molar-refractivity contribution in [2.24, 2.45) is 0 Å². The first-order chi connectivity index (χ1) is 6.81. The molecular formula is C10H11BrN2O. The molecule has 0 spiro atoms. The normalized spacial score (nSPS) is 11.0. The van der Waals surface area contributed by atoms with Crippen molar-refractivity contribution in [1.29, 1.82) is 0 Å². The van der Waals surface area contributed by atoms with Gasteiger partial charge in [-0.05, 0) is 28.1 Å². The van der Waals surface area contributed by atoms with E-state index in [1.54, 1.807) is 7.11 Å². The smallest absolute Gasteiger partial charge is 0.106 e. The van der Waals surface area contributed by atoms with Gasteiger partial charge in [0.1, 0.15) is 4.60 Å². The number of methoxy groups -OCH3 is 1. The molecule has 0 aliphatic carbocycles. The third-order valence-corrected chi connectivity index (χ3v) is 2.59. The standard InChI is InChI=1S/C10H11BrN2O/c1-14-5-4-13-3-2-8-6-10(11)12-7-9(8)13/h2-3,6-7H,4-5H2,1H3. The van der Waals surface area contributed by atoms with Gasteiger partial charge in [0.05, 0.1) is 18.3 Å². The lowest BCUT2D eigenvalue weighted by Gasteiger charge is -2.03. The Balaban J connectivity index is 2.37. The molecule has 0 fully saturated rings. The predicted molar refractivity (Wildman–Crippen MR) is 59.3 cm³/mol. The van der Waals surface area contributed by atoms with Gasteiger partial charge in [0, 0.05) is 25.2 Å². The number of pyridine rings is 1. The summed E-state index contributed by atoms with van der Waals surface area (Å²) >= 11 is 3.35. The largest absolute Gasteiger partial charge is 0.383 e. The van der Waals surface area contributed by atoms with E-state index in [1.807, 2.05) is 12.3 Å². The Kier molecular flexibility index (Phi) is 2.84. The van der Waals surface area contributed by atoms with Crippen LogP contribution < -0.4 is 0 Å². The van der Waals surface area contributed by atoms with Gasteiger partial charge in [0.2, 0.25) is 0 Å². The van der Waals surface area contributed by atoms with Crippen molar-refractivity contribution in [2.45, 2.75) is 6.54 Å². The maximum absolute atomic E-state index is 5.04. The zero-order valence-electron chi connectivity index (χ0n) is 7.90. The molecular weight excluding hydrogens is 244 g/mol. The average molecular weight is 255 g/mol. The van der Waals surface area contributed by atoms with E-state index >= 15 is 0 Å². The van der Waals surface area contributed by atoms with E-state index in [9.17, 15) is 0 Å². The molecule has 0 aromatic carbocycles. The highest BCUT2D eigenvalue weighted by Crippen LogP contribution is 2.18. The molecule has 2 heterocycles. The summed E-state index contributed by atoms with van der Waals surface area (Å²) in [6.45, 7) is 1.59. The molecule has 4 heteroatoms. The van der Waals surface area contributed by atoms with Crippen LogP contribution in [0.15, 0.2) is 29.1 Å². The summed E-state index contributed by atoms with van der Waals surface area (Å²) in [5, 5.41) is 1.20. The minimum atomic E-state index is 0.722. The first-order valence-corrected chi connectivity index (χ1v) is 5.20. The van der Waals surface area contributed by atoms with Gasteiger partial charge in [-0.15, -0.1) is 0 Å². The molecule has 0 amide bonds. The minimum Gasteiger partial charge on any atom is -0.383 e. The van der Waals surface area contributed by atoms with Crippen LogP contribution in [0.4, 0.5) is 0 Å². The highest BCUT2D eigenvalue weighted by atomic mass is 79.9. The Labute approximate surface area is 90.8 Å². The van der Waals surface area contributed by atoms with Crippen LogP contribution in [0.2, 0.25) is 0 Å². The predicted octanol–water partition coefficient (Wildman–Crippen LogP) is 2.45. The molecule has 0 aliphatic heterocycles. The number of nitrogens with zero attached hydrogens (tertiary/aromatic N) is 2. The third-order valence-electron chi connectivity index (χ3n) is 2.16. The van der Waals surface area contributed by atoms with Crippen molar-refractivity contribution in [2.75, 3.05) is 13.7 Å². The summed E-state index contributed by atoms with van der Waals surface area (Å²) in [7, 11) is 1.71. The number of hydrogen-bond acceptors (Lipinski definition) is 2. The fraction of sp³-hybridized carbons (Fsp3) is 0.300.